The molecule has 10 heteroatoms. The van der Waals surface area contributed by atoms with Crippen LogP contribution in [0.3, 0.4) is 0 Å². The Morgan fingerprint density at radius 1 is 0.522 bits per heavy atom. The van der Waals surface area contributed by atoms with E-state index in [2.05, 4.69) is 25.2 Å². The SMILES string of the molecule is CC(C)(C)N=S=N[Si](C)(N=S=NC(C)(C)C)N=S=NC(C)(C)C. The highest BCUT2D eigenvalue weighted by Crippen LogP contribution is 2.12. The molecule has 0 aromatic heterocycles. The van der Waals surface area contributed by atoms with E-state index in [1.807, 2.05) is 68.9 Å². The van der Waals surface area contributed by atoms with Gasteiger partial charge in [0.05, 0.1) is 50.7 Å². The summed E-state index contributed by atoms with van der Waals surface area (Å²) in [6.07, 6.45) is 0. The van der Waals surface area contributed by atoms with Crippen molar-refractivity contribution in [2.45, 2.75) is 85.5 Å². The van der Waals surface area contributed by atoms with Crippen molar-refractivity contribution in [2.75, 3.05) is 0 Å². The molecule has 0 saturated heterocycles. The van der Waals surface area contributed by atoms with E-state index in [4.69, 9.17) is 0 Å². The summed E-state index contributed by atoms with van der Waals surface area (Å²) >= 11 is 3.59. The normalized spacial score (nSPS) is 14.9. The Balaban J connectivity index is 5.76. The Morgan fingerprint density at radius 3 is 0.913 bits per heavy atom. The smallest absolute Gasteiger partial charge is 0.208 e. The van der Waals surface area contributed by atoms with Gasteiger partial charge in [0.2, 0.25) is 0 Å². The summed E-state index contributed by atoms with van der Waals surface area (Å²) < 4.78 is 27.0. The van der Waals surface area contributed by atoms with Gasteiger partial charge in [-0.2, -0.15) is 0 Å². The third kappa shape index (κ3) is 15.0. The number of nitrogens with zero attached hydrogens (tertiary/aromatic N) is 6. The molecule has 0 unspecified atom stereocenters. The molecule has 23 heavy (non-hydrogen) atoms. The van der Waals surface area contributed by atoms with Gasteiger partial charge < -0.3 is 0 Å². The second-order valence-electron chi connectivity index (χ2n) is 8.28. The van der Waals surface area contributed by atoms with Gasteiger partial charge in [0.1, 0.15) is 0 Å². The maximum absolute atomic E-state index is 4.57. The molecule has 0 fully saturated rings. The van der Waals surface area contributed by atoms with Crippen molar-refractivity contribution in [3.05, 3.63) is 0 Å². The Bertz CT molecular complexity index is 507. The number of rotatable bonds is 3. The molecule has 0 amide bonds. The summed E-state index contributed by atoms with van der Waals surface area (Å²) in [6.45, 7) is 20.3. The first-order valence-corrected chi connectivity index (χ1v) is 12.0. The zero-order chi connectivity index (χ0) is 18.4. The van der Waals surface area contributed by atoms with Crippen molar-refractivity contribution in [3.63, 3.8) is 0 Å². The molecule has 0 aromatic carbocycles. The molecule has 0 heterocycles. The lowest BCUT2D eigenvalue weighted by molar-refractivity contribution is 0.593. The summed E-state index contributed by atoms with van der Waals surface area (Å²) in [7, 11) is -2.57. The van der Waals surface area contributed by atoms with Crippen molar-refractivity contribution >= 4 is 42.6 Å². The molecule has 0 N–H and O–H groups in total. The number of hydrogen-bond donors (Lipinski definition) is 0. The van der Waals surface area contributed by atoms with Gasteiger partial charge in [0.15, 0.2) is 0 Å². The van der Waals surface area contributed by atoms with E-state index in [0.717, 1.165) is 0 Å². The molecule has 0 saturated carbocycles. The first kappa shape index (κ1) is 22.7. The highest BCUT2D eigenvalue weighted by molar-refractivity contribution is 7.62. The zero-order valence-electron chi connectivity index (χ0n) is 15.9. The van der Waals surface area contributed by atoms with Crippen molar-refractivity contribution in [1.29, 1.82) is 0 Å². The third-order valence-corrected chi connectivity index (χ3v) is 8.60. The molecule has 134 valence electrons. The van der Waals surface area contributed by atoms with E-state index in [1.165, 1.54) is 34.1 Å². The summed E-state index contributed by atoms with van der Waals surface area (Å²) in [6, 6.07) is 0. The zero-order valence-corrected chi connectivity index (χ0v) is 19.4. The lowest BCUT2D eigenvalue weighted by atomic mass is 10.1. The topological polar surface area (TPSA) is 74.2 Å². The molecule has 0 atom stereocenters. The highest BCUT2D eigenvalue weighted by atomic mass is 32.1. The lowest BCUT2D eigenvalue weighted by Crippen LogP contribution is -2.21. The Labute approximate surface area is 153 Å². The lowest BCUT2D eigenvalue weighted by Gasteiger charge is -2.09. The molecule has 0 radical (unpaired) electrons. The summed E-state index contributed by atoms with van der Waals surface area (Å²) in [4.78, 5) is 0. The van der Waals surface area contributed by atoms with E-state index in [0.29, 0.717) is 0 Å². The average molecular weight is 395 g/mol. The molecule has 0 rings (SSSR count). The van der Waals surface area contributed by atoms with Gasteiger partial charge >= 0.3 is 8.56 Å². The minimum Gasteiger partial charge on any atom is -0.208 e. The molecule has 0 aliphatic rings. The van der Waals surface area contributed by atoms with Crippen LogP contribution in [0, 0.1) is 0 Å². The third-order valence-electron chi connectivity index (χ3n) is 1.59. The predicted molar refractivity (Wildman–Crippen MR) is 108 cm³/mol. The molecular weight excluding hydrogens is 364 g/mol. The van der Waals surface area contributed by atoms with Gasteiger partial charge in [-0.15, -0.1) is 0 Å². The summed E-state index contributed by atoms with van der Waals surface area (Å²) in [5, 5.41) is 0. The van der Waals surface area contributed by atoms with Crippen LogP contribution in [0.4, 0.5) is 0 Å². The van der Waals surface area contributed by atoms with E-state index < -0.39 is 8.56 Å². The molecular formula is C13H30N6S3Si. The first-order valence-electron chi connectivity index (χ1n) is 7.44. The second kappa shape index (κ2) is 8.68. The highest BCUT2D eigenvalue weighted by Gasteiger charge is 2.28. The standard InChI is InChI=1S/C13H30N6S3Si/c1-11(2,3)14-20-17-23(10,18-21-15-12(4,5)6)19-22-16-13(7,8)9/h1-10H3. The fourth-order valence-corrected chi connectivity index (χ4v) is 5.09. The fraction of sp³-hybridized carbons (Fsp3) is 1.00. The van der Waals surface area contributed by atoms with Gasteiger partial charge in [-0.1, -0.05) is 0 Å². The van der Waals surface area contributed by atoms with Crippen molar-refractivity contribution in [1.82, 2.24) is 0 Å². The molecule has 0 aliphatic carbocycles. The van der Waals surface area contributed by atoms with Gasteiger partial charge in [0, 0.05) is 0 Å². The van der Waals surface area contributed by atoms with E-state index in [-0.39, 0.29) is 16.6 Å². The first-order chi connectivity index (χ1) is 10.1. The van der Waals surface area contributed by atoms with Gasteiger partial charge in [-0.25, -0.2) is 25.2 Å². The van der Waals surface area contributed by atoms with Crippen LogP contribution in [0.2, 0.25) is 6.55 Å². The Kier molecular flexibility index (Phi) is 8.56. The van der Waals surface area contributed by atoms with Crippen LogP contribution < -0.4 is 0 Å². The van der Waals surface area contributed by atoms with Crippen LogP contribution in [-0.2, 0) is 34.1 Å². The van der Waals surface area contributed by atoms with Crippen LogP contribution in [0.15, 0.2) is 25.2 Å². The van der Waals surface area contributed by atoms with E-state index in [1.54, 1.807) is 0 Å². The molecule has 6 nitrogen and oxygen atoms in total. The van der Waals surface area contributed by atoms with Crippen molar-refractivity contribution < 1.29 is 0 Å². The van der Waals surface area contributed by atoms with Crippen LogP contribution in [-0.4, -0.2) is 25.2 Å². The average Bonchev–Trinajstić information content (AvgIpc) is 2.22. The second-order valence-corrected chi connectivity index (χ2v) is 13.4. The minimum atomic E-state index is -2.57. The van der Waals surface area contributed by atoms with Gasteiger partial charge in [-0.3, -0.25) is 0 Å². The maximum Gasteiger partial charge on any atom is 0.467 e. The van der Waals surface area contributed by atoms with Crippen LogP contribution in [0.25, 0.3) is 0 Å². The van der Waals surface area contributed by atoms with Crippen molar-refractivity contribution in [2.24, 2.45) is 25.2 Å². The van der Waals surface area contributed by atoms with Crippen LogP contribution >= 0.6 is 0 Å². The van der Waals surface area contributed by atoms with E-state index >= 15 is 0 Å². The minimum absolute atomic E-state index is 0.144. The summed E-state index contributed by atoms with van der Waals surface area (Å²) in [5.41, 5.74) is -0.431. The van der Waals surface area contributed by atoms with Gasteiger partial charge in [-0.05, 0) is 68.9 Å². The monoisotopic (exact) mass is 394 g/mol. The molecule has 0 aliphatic heterocycles. The Morgan fingerprint density at radius 2 is 0.739 bits per heavy atom. The largest absolute Gasteiger partial charge is 0.467 e. The molecule has 0 aromatic rings. The molecule has 0 bridgehead atoms. The van der Waals surface area contributed by atoms with Gasteiger partial charge in [0.25, 0.3) is 0 Å². The predicted octanol–water partition coefficient (Wildman–Crippen LogP) is 5.30. The van der Waals surface area contributed by atoms with Crippen molar-refractivity contribution in [3.8, 4) is 0 Å². The Hall–Kier alpha value is -0.323. The summed E-state index contributed by atoms with van der Waals surface area (Å²) in [5.74, 6) is 0. The number of hydrogen-bond acceptors (Lipinski definition) is 6. The van der Waals surface area contributed by atoms with E-state index in [9.17, 15) is 0 Å². The molecule has 0 spiro atoms. The van der Waals surface area contributed by atoms with Crippen LogP contribution in [0.1, 0.15) is 62.3 Å². The van der Waals surface area contributed by atoms with Crippen LogP contribution in [0.5, 0.6) is 0 Å². The maximum atomic E-state index is 4.57. The quantitative estimate of drug-likeness (QED) is 0.583. The fourth-order valence-electron chi connectivity index (χ4n) is 0.711.